The molecule has 0 bridgehead atoms. The summed E-state index contributed by atoms with van der Waals surface area (Å²) in [4.78, 5) is 0. The smallest absolute Gasteiger partial charge is 0.0162 e. The highest BCUT2D eigenvalue weighted by molar-refractivity contribution is 5.71. The maximum Gasteiger partial charge on any atom is -0.0162 e. The quantitative estimate of drug-likeness (QED) is 0.227. The van der Waals surface area contributed by atoms with Crippen LogP contribution in [0.15, 0.2) is 54.6 Å². The molecule has 2 aliphatic carbocycles. The average molecular weight is 499 g/mol. The van der Waals surface area contributed by atoms with Crippen molar-refractivity contribution in [2.75, 3.05) is 0 Å². The molecule has 1 atom stereocenters. The largest absolute Gasteiger partial charge is 0.0804 e. The van der Waals surface area contributed by atoms with Gasteiger partial charge in [0.25, 0.3) is 0 Å². The monoisotopic (exact) mass is 498 g/mol. The highest BCUT2D eigenvalue weighted by Gasteiger charge is 2.21. The molecular formula is C37H54. The minimum Gasteiger partial charge on any atom is -0.0804 e. The molecule has 0 aromatic heterocycles. The van der Waals surface area contributed by atoms with Crippen molar-refractivity contribution in [1.82, 2.24) is 0 Å². The molecule has 0 amide bonds. The van der Waals surface area contributed by atoms with Crippen LogP contribution in [0.4, 0.5) is 0 Å². The Kier molecular flexibility index (Phi) is 11.9. The maximum atomic E-state index is 2.55. The van der Waals surface area contributed by atoms with E-state index in [1.807, 2.05) is 0 Å². The molecule has 0 saturated heterocycles. The van der Waals surface area contributed by atoms with Crippen molar-refractivity contribution in [2.45, 2.75) is 135 Å². The molecule has 0 radical (unpaired) electrons. The third-order valence-corrected chi connectivity index (χ3v) is 9.50. The summed E-state index contributed by atoms with van der Waals surface area (Å²) in [6, 6.07) is 18.9. The SMILES string of the molecule is CCCCCCCCCCC1CC=C(c2ccc(-c3ccc([C@H]4CC[C@H](CCC)CC4)cc3)cc2)CC1. The normalized spacial score (nSPS) is 22.1. The lowest BCUT2D eigenvalue weighted by Gasteiger charge is -2.28. The second-order valence-corrected chi connectivity index (χ2v) is 12.3. The second-order valence-electron chi connectivity index (χ2n) is 12.3. The van der Waals surface area contributed by atoms with E-state index in [0.29, 0.717) is 0 Å². The van der Waals surface area contributed by atoms with Gasteiger partial charge in [0, 0.05) is 0 Å². The van der Waals surface area contributed by atoms with E-state index in [4.69, 9.17) is 0 Å². The van der Waals surface area contributed by atoms with Gasteiger partial charge in [-0.1, -0.05) is 139 Å². The number of benzene rings is 2. The molecule has 2 aromatic rings. The molecule has 2 aromatic carbocycles. The predicted molar refractivity (Wildman–Crippen MR) is 164 cm³/mol. The lowest BCUT2D eigenvalue weighted by molar-refractivity contribution is 0.308. The summed E-state index contributed by atoms with van der Waals surface area (Å²) in [5.41, 5.74) is 7.29. The first-order chi connectivity index (χ1) is 18.3. The van der Waals surface area contributed by atoms with E-state index in [2.05, 4.69) is 68.5 Å². The zero-order chi connectivity index (χ0) is 25.7. The van der Waals surface area contributed by atoms with Gasteiger partial charge in [0.15, 0.2) is 0 Å². The van der Waals surface area contributed by atoms with Gasteiger partial charge in [-0.05, 0) is 90.5 Å². The second kappa shape index (κ2) is 15.6. The summed E-state index contributed by atoms with van der Waals surface area (Å²) >= 11 is 0. The molecule has 1 unspecified atom stereocenters. The number of allylic oxidation sites excluding steroid dienone is 2. The van der Waals surface area contributed by atoms with E-state index in [-0.39, 0.29) is 0 Å². The minimum absolute atomic E-state index is 0.780. The molecule has 0 N–H and O–H groups in total. The van der Waals surface area contributed by atoms with Crippen molar-refractivity contribution in [3.05, 3.63) is 65.7 Å². The lowest BCUT2D eigenvalue weighted by Crippen LogP contribution is -2.13. The van der Waals surface area contributed by atoms with Crippen LogP contribution in [0.1, 0.15) is 146 Å². The summed E-state index contributed by atoms with van der Waals surface area (Å²) in [5, 5.41) is 0. The van der Waals surface area contributed by atoms with Gasteiger partial charge < -0.3 is 0 Å². The fourth-order valence-corrected chi connectivity index (χ4v) is 7.00. The van der Waals surface area contributed by atoms with Crippen LogP contribution < -0.4 is 0 Å². The van der Waals surface area contributed by atoms with Gasteiger partial charge in [-0.3, -0.25) is 0 Å². The van der Waals surface area contributed by atoms with Crippen LogP contribution in [-0.4, -0.2) is 0 Å². The van der Waals surface area contributed by atoms with Crippen LogP contribution in [0.5, 0.6) is 0 Å². The predicted octanol–water partition coefficient (Wildman–Crippen LogP) is 12.1. The van der Waals surface area contributed by atoms with Crippen LogP contribution in [-0.2, 0) is 0 Å². The Balaban J connectivity index is 1.20. The molecular weight excluding hydrogens is 444 g/mol. The first-order valence-corrected chi connectivity index (χ1v) is 16.2. The molecule has 37 heavy (non-hydrogen) atoms. The molecule has 0 heteroatoms. The zero-order valence-electron chi connectivity index (χ0n) is 24.2. The van der Waals surface area contributed by atoms with Crippen LogP contribution >= 0.6 is 0 Å². The van der Waals surface area contributed by atoms with Crippen molar-refractivity contribution in [1.29, 1.82) is 0 Å². The minimum atomic E-state index is 0.780. The molecule has 4 rings (SSSR count). The molecule has 0 heterocycles. The Morgan fingerprint density at radius 1 is 0.541 bits per heavy atom. The number of hydrogen-bond donors (Lipinski definition) is 0. The van der Waals surface area contributed by atoms with E-state index in [1.54, 1.807) is 11.1 Å². The highest BCUT2D eigenvalue weighted by Crippen LogP contribution is 2.38. The molecule has 0 aliphatic heterocycles. The molecule has 202 valence electrons. The zero-order valence-corrected chi connectivity index (χ0v) is 24.2. The van der Waals surface area contributed by atoms with E-state index in [1.165, 1.54) is 132 Å². The highest BCUT2D eigenvalue weighted by atomic mass is 14.3. The van der Waals surface area contributed by atoms with Gasteiger partial charge in [0.1, 0.15) is 0 Å². The fourth-order valence-electron chi connectivity index (χ4n) is 7.00. The Labute approximate surface area is 229 Å². The Hall–Kier alpha value is -1.82. The maximum absolute atomic E-state index is 2.55. The third kappa shape index (κ3) is 8.87. The third-order valence-electron chi connectivity index (χ3n) is 9.50. The van der Waals surface area contributed by atoms with Crippen LogP contribution in [0.2, 0.25) is 0 Å². The Morgan fingerprint density at radius 3 is 1.73 bits per heavy atom. The van der Waals surface area contributed by atoms with Crippen LogP contribution in [0.3, 0.4) is 0 Å². The Morgan fingerprint density at radius 2 is 1.14 bits per heavy atom. The van der Waals surface area contributed by atoms with Gasteiger partial charge in [-0.15, -0.1) is 0 Å². The van der Waals surface area contributed by atoms with E-state index >= 15 is 0 Å². The molecule has 1 fully saturated rings. The van der Waals surface area contributed by atoms with Crippen molar-refractivity contribution in [3.8, 4) is 11.1 Å². The molecule has 0 nitrogen and oxygen atoms in total. The number of hydrogen-bond acceptors (Lipinski definition) is 0. The van der Waals surface area contributed by atoms with Crippen molar-refractivity contribution < 1.29 is 0 Å². The van der Waals surface area contributed by atoms with Gasteiger partial charge in [0.2, 0.25) is 0 Å². The summed E-state index contributed by atoms with van der Waals surface area (Å²) in [6.07, 6.45) is 27.8. The van der Waals surface area contributed by atoms with Gasteiger partial charge in [0.05, 0.1) is 0 Å². The van der Waals surface area contributed by atoms with Crippen molar-refractivity contribution in [2.24, 2.45) is 11.8 Å². The molecule has 1 saturated carbocycles. The van der Waals surface area contributed by atoms with Crippen LogP contribution in [0, 0.1) is 11.8 Å². The van der Waals surface area contributed by atoms with Gasteiger partial charge in [-0.2, -0.15) is 0 Å². The summed E-state index contributed by atoms with van der Waals surface area (Å²) in [5.74, 6) is 2.68. The summed E-state index contributed by atoms with van der Waals surface area (Å²) in [7, 11) is 0. The summed E-state index contributed by atoms with van der Waals surface area (Å²) < 4.78 is 0. The van der Waals surface area contributed by atoms with Crippen molar-refractivity contribution >= 4 is 5.57 Å². The van der Waals surface area contributed by atoms with E-state index < -0.39 is 0 Å². The van der Waals surface area contributed by atoms with Crippen LogP contribution in [0.25, 0.3) is 16.7 Å². The standard InChI is InChI=1S/C37H54/c1-3-5-6-7-8-9-10-11-13-31-16-20-33(21-17-31)35-24-28-37(29-25-35)36-26-22-34(23-27-36)32-18-14-30(12-4-2)15-19-32/h20,22-32H,3-19,21H2,1-2H3/t30-,31?,32-. The lowest BCUT2D eigenvalue weighted by atomic mass is 9.77. The summed E-state index contributed by atoms with van der Waals surface area (Å²) in [6.45, 7) is 4.63. The average Bonchev–Trinajstić information content (AvgIpc) is 2.96. The van der Waals surface area contributed by atoms with Gasteiger partial charge in [-0.25, -0.2) is 0 Å². The van der Waals surface area contributed by atoms with Crippen molar-refractivity contribution in [3.63, 3.8) is 0 Å². The van der Waals surface area contributed by atoms with E-state index in [0.717, 1.165) is 17.8 Å². The fraction of sp³-hybridized carbons (Fsp3) is 0.622. The first kappa shape index (κ1) is 28.2. The molecule has 0 spiro atoms. The topological polar surface area (TPSA) is 0 Å². The first-order valence-electron chi connectivity index (χ1n) is 16.2. The number of rotatable bonds is 14. The van der Waals surface area contributed by atoms with Gasteiger partial charge >= 0.3 is 0 Å². The Bertz CT molecular complexity index is 908. The molecule has 2 aliphatic rings. The number of unbranched alkanes of at least 4 members (excludes halogenated alkanes) is 7. The van der Waals surface area contributed by atoms with E-state index in [9.17, 15) is 0 Å².